The molecule has 1 unspecified atom stereocenters. The quantitative estimate of drug-likeness (QED) is 0.751. The van der Waals surface area contributed by atoms with Crippen LogP contribution in [-0.4, -0.2) is 29.9 Å². The first kappa shape index (κ1) is 19.6. The first-order valence-corrected chi connectivity index (χ1v) is 10.0. The minimum Gasteiger partial charge on any atom is -0.352 e. The number of amides is 1. The van der Waals surface area contributed by atoms with E-state index in [1.807, 2.05) is 44.2 Å². The summed E-state index contributed by atoms with van der Waals surface area (Å²) < 4.78 is 0. The topological polar surface area (TPSA) is 44.4 Å². The van der Waals surface area contributed by atoms with Crippen LogP contribution in [0.1, 0.15) is 49.4 Å². The highest BCUT2D eigenvalue weighted by molar-refractivity contribution is 5.83. The fraction of sp³-hybridized carbons (Fsp3) is 0.435. The average Bonchev–Trinajstić information content (AvgIpc) is 3.16. The van der Waals surface area contributed by atoms with Crippen LogP contribution in [0.4, 0.5) is 0 Å². The van der Waals surface area contributed by atoms with Crippen LogP contribution in [-0.2, 0) is 17.9 Å². The fourth-order valence-corrected chi connectivity index (χ4v) is 3.56. The van der Waals surface area contributed by atoms with Gasteiger partial charge in [0.05, 0.1) is 0 Å². The number of likely N-dealkylation sites (tertiary alicyclic amines) is 1. The Morgan fingerprint density at radius 3 is 2.22 bits per heavy atom. The molecule has 0 aliphatic carbocycles. The second-order valence-electron chi connectivity index (χ2n) is 7.69. The second-order valence-corrected chi connectivity index (χ2v) is 7.69. The molecule has 27 heavy (non-hydrogen) atoms. The Hall–Kier alpha value is -2.17. The zero-order chi connectivity index (χ0) is 19.1. The van der Waals surface area contributed by atoms with E-state index in [0.29, 0.717) is 6.54 Å². The van der Waals surface area contributed by atoms with Crippen molar-refractivity contribution in [1.82, 2.24) is 15.5 Å². The third-order valence-corrected chi connectivity index (χ3v) is 4.96. The molecule has 0 saturated carbocycles. The van der Waals surface area contributed by atoms with Crippen LogP contribution in [0.15, 0.2) is 54.6 Å². The van der Waals surface area contributed by atoms with Gasteiger partial charge in [-0.2, -0.15) is 0 Å². The van der Waals surface area contributed by atoms with Crippen LogP contribution in [0.25, 0.3) is 0 Å². The van der Waals surface area contributed by atoms with Gasteiger partial charge in [0.25, 0.3) is 0 Å². The van der Waals surface area contributed by atoms with Crippen molar-refractivity contribution in [1.29, 1.82) is 0 Å². The molecule has 4 nitrogen and oxygen atoms in total. The Morgan fingerprint density at radius 1 is 0.963 bits per heavy atom. The number of rotatable bonds is 8. The van der Waals surface area contributed by atoms with Gasteiger partial charge in [0.2, 0.25) is 5.91 Å². The summed E-state index contributed by atoms with van der Waals surface area (Å²) in [4.78, 5) is 15.2. The molecule has 1 atom stereocenters. The van der Waals surface area contributed by atoms with Crippen molar-refractivity contribution in [3.63, 3.8) is 0 Å². The number of hydrogen-bond acceptors (Lipinski definition) is 3. The Morgan fingerprint density at radius 2 is 1.59 bits per heavy atom. The van der Waals surface area contributed by atoms with Crippen molar-refractivity contribution in [3.05, 3.63) is 71.3 Å². The van der Waals surface area contributed by atoms with Gasteiger partial charge in [0.1, 0.15) is 6.04 Å². The molecule has 4 heteroatoms. The Kier molecular flexibility index (Phi) is 7.02. The van der Waals surface area contributed by atoms with Gasteiger partial charge in [-0.3, -0.25) is 15.0 Å². The fourth-order valence-electron chi connectivity index (χ4n) is 3.56. The van der Waals surface area contributed by atoms with Crippen molar-refractivity contribution >= 4 is 5.91 Å². The molecule has 3 rings (SSSR count). The number of carbonyl (C=O) groups excluding carboxylic acids is 1. The van der Waals surface area contributed by atoms with E-state index in [2.05, 4.69) is 39.8 Å². The lowest BCUT2D eigenvalue weighted by Crippen LogP contribution is -2.40. The predicted molar refractivity (Wildman–Crippen MR) is 110 cm³/mol. The van der Waals surface area contributed by atoms with E-state index < -0.39 is 0 Å². The second kappa shape index (κ2) is 9.67. The summed E-state index contributed by atoms with van der Waals surface area (Å²) in [5.74, 6) is 0.0156. The zero-order valence-electron chi connectivity index (χ0n) is 16.4. The van der Waals surface area contributed by atoms with Gasteiger partial charge in [0.15, 0.2) is 0 Å². The molecule has 2 aromatic rings. The molecule has 1 aliphatic rings. The molecule has 2 aromatic carbocycles. The van der Waals surface area contributed by atoms with Crippen LogP contribution < -0.4 is 10.6 Å². The lowest BCUT2D eigenvalue weighted by atomic mass is 10.0. The van der Waals surface area contributed by atoms with Crippen LogP contribution in [0.3, 0.4) is 0 Å². The van der Waals surface area contributed by atoms with E-state index in [0.717, 1.165) is 12.1 Å². The van der Waals surface area contributed by atoms with Crippen LogP contribution in [0.5, 0.6) is 0 Å². The van der Waals surface area contributed by atoms with Crippen LogP contribution in [0, 0.1) is 0 Å². The number of nitrogens with one attached hydrogen (secondary N) is 2. The van der Waals surface area contributed by atoms with Gasteiger partial charge in [-0.25, -0.2) is 0 Å². The van der Waals surface area contributed by atoms with Gasteiger partial charge in [-0.15, -0.1) is 0 Å². The van der Waals surface area contributed by atoms with Crippen molar-refractivity contribution in [2.75, 3.05) is 13.1 Å². The molecular weight excluding hydrogens is 334 g/mol. The van der Waals surface area contributed by atoms with E-state index in [-0.39, 0.29) is 18.0 Å². The minimum atomic E-state index is -0.349. The third-order valence-electron chi connectivity index (χ3n) is 4.96. The summed E-state index contributed by atoms with van der Waals surface area (Å²) in [7, 11) is 0. The predicted octanol–water partition coefficient (Wildman–Crippen LogP) is 3.64. The molecule has 1 amide bonds. The SMILES string of the molecule is CC(C)NC(=O)C(NCc1ccc(CN2CCCC2)cc1)c1ccccc1. The van der Waals surface area contributed by atoms with Gasteiger partial charge >= 0.3 is 0 Å². The molecule has 1 saturated heterocycles. The number of carbonyl (C=O) groups is 1. The molecule has 0 radical (unpaired) electrons. The van der Waals surface area contributed by atoms with Gasteiger partial charge in [-0.1, -0.05) is 54.6 Å². The highest BCUT2D eigenvalue weighted by atomic mass is 16.2. The Balaban J connectivity index is 1.61. The van der Waals surface area contributed by atoms with Crippen molar-refractivity contribution in [2.45, 2.75) is 51.9 Å². The summed E-state index contributed by atoms with van der Waals surface area (Å²) in [6.45, 7) is 8.10. The highest BCUT2D eigenvalue weighted by Crippen LogP contribution is 2.16. The van der Waals surface area contributed by atoms with E-state index in [9.17, 15) is 4.79 Å². The van der Waals surface area contributed by atoms with Gasteiger partial charge < -0.3 is 5.32 Å². The van der Waals surface area contributed by atoms with Crippen LogP contribution in [0.2, 0.25) is 0 Å². The van der Waals surface area contributed by atoms with Crippen molar-refractivity contribution in [3.8, 4) is 0 Å². The molecule has 0 aromatic heterocycles. The van der Waals surface area contributed by atoms with Gasteiger partial charge in [0, 0.05) is 19.1 Å². The summed E-state index contributed by atoms with van der Waals surface area (Å²) >= 11 is 0. The van der Waals surface area contributed by atoms with Crippen LogP contribution >= 0.6 is 0 Å². The smallest absolute Gasteiger partial charge is 0.241 e. The maximum Gasteiger partial charge on any atom is 0.241 e. The number of benzene rings is 2. The molecule has 144 valence electrons. The Bertz CT molecular complexity index is 706. The Labute approximate surface area is 163 Å². The van der Waals surface area contributed by atoms with Gasteiger partial charge in [-0.05, 0) is 56.5 Å². The summed E-state index contributed by atoms with van der Waals surface area (Å²) in [5.41, 5.74) is 3.54. The lowest BCUT2D eigenvalue weighted by Gasteiger charge is -2.20. The highest BCUT2D eigenvalue weighted by Gasteiger charge is 2.20. The summed E-state index contributed by atoms with van der Waals surface area (Å²) in [5, 5.41) is 6.45. The lowest BCUT2D eigenvalue weighted by molar-refractivity contribution is -0.123. The summed E-state index contributed by atoms with van der Waals surface area (Å²) in [6, 6.07) is 18.4. The van der Waals surface area contributed by atoms with E-state index in [1.165, 1.54) is 37.1 Å². The third kappa shape index (κ3) is 5.91. The van der Waals surface area contributed by atoms with E-state index in [4.69, 9.17) is 0 Å². The first-order chi connectivity index (χ1) is 13.1. The maximum atomic E-state index is 12.6. The molecule has 0 spiro atoms. The molecule has 0 bridgehead atoms. The van der Waals surface area contributed by atoms with Crippen molar-refractivity contribution < 1.29 is 4.79 Å². The van der Waals surface area contributed by atoms with E-state index >= 15 is 0 Å². The number of hydrogen-bond donors (Lipinski definition) is 2. The van der Waals surface area contributed by atoms with Crippen molar-refractivity contribution in [2.24, 2.45) is 0 Å². The molecular formula is C23H31N3O. The largest absolute Gasteiger partial charge is 0.352 e. The standard InChI is InChI=1S/C23H31N3O/c1-18(2)25-23(27)22(21-8-4-3-5-9-21)24-16-19-10-12-20(13-11-19)17-26-14-6-7-15-26/h3-5,8-13,18,22,24H,6-7,14-17H2,1-2H3,(H,25,27). The minimum absolute atomic E-state index is 0.0156. The molecule has 2 N–H and O–H groups in total. The maximum absolute atomic E-state index is 12.6. The molecule has 1 aliphatic heterocycles. The molecule has 1 heterocycles. The molecule has 1 fully saturated rings. The average molecular weight is 366 g/mol. The zero-order valence-corrected chi connectivity index (χ0v) is 16.4. The normalized spacial score (nSPS) is 15.8. The number of nitrogens with zero attached hydrogens (tertiary/aromatic N) is 1. The van der Waals surface area contributed by atoms with E-state index in [1.54, 1.807) is 0 Å². The first-order valence-electron chi connectivity index (χ1n) is 10.0. The summed E-state index contributed by atoms with van der Waals surface area (Å²) in [6.07, 6.45) is 2.64. The monoisotopic (exact) mass is 365 g/mol.